The number of aromatic nitrogens is 2. The molecule has 4 rings (SSSR count). The van der Waals surface area contributed by atoms with E-state index in [1.165, 1.54) is 28.6 Å². The van der Waals surface area contributed by atoms with Gasteiger partial charge in [-0.1, -0.05) is 11.8 Å². The number of fused-ring (bicyclic) bond motifs is 3. The lowest BCUT2D eigenvalue weighted by molar-refractivity contribution is 0.118. The highest BCUT2D eigenvalue weighted by Crippen LogP contribution is 2.33. The van der Waals surface area contributed by atoms with E-state index < -0.39 is 0 Å². The Bertz CT molecular complexity index is 852. The first-order valence-electron chi connectivity index (χ1n) is 8.78. The molecule has 6 nitrogen and oxygen atoms in total. The summed E-state index contributed by atoms with van der Waals surface area (Å²) in [5.74, 6) is 1.19. The number of aryl methyl sites for hydroxylation is 2. The Morgan fingerprint density at radius 3 is 3.12 bits per heavy atom. The number of amidine groups is 1. The van der Waals surface area contributed by atoms with Crippen molar-refractivity contribution in [3.05, 3.63) is 26.6 Å². The van der Waals surface area contributed by atoms with Gasteiger partial charge < -0.3 is 15.5 Å². The fraction of sp³-hybridized carbons (Fsp3) is 0.588. The van der Waals surface area contributed by atoms with Gasteiger partial charge in [-0.2, -0.15) is 0 Å². The molecule has 1 atom stereocenters. The van der Waals surface area contributed by atoms with Gasteiger partial charge in [0.05, 0.1) is 23.8 Å². The van der Waals surface area contributed by atoms with Crippen LogP contribution < -0.4 is 11.3 Å². The zero-order valence-corrected chi connectivity index (χ0v) is 15.7. The molecule has 0 radical (unpaired) electrons. The number of thioether (sulfide) groups is 1. The fourth-order valence-corrected chi connectivity index (χ4v) is 5.31. The molecule has 0 spiro atoms. The van der Waals surface area contributed by atoms with Crippen LogP contribution in [0.3, 0.4) is 0 Å². The summed E-state index contributed by atoms with van der Waals surface area (Å²) >= 11 is 3.08. The number of H-pyrrole nitrogens is 1. The predicted molar refractivity (Wildman–Crippen MR) is 104 cm³/mol. The summed E-state index contributed by atoms with van der Waals surface area (Å²) < 4.78 is 5.54. The van der Waals surface area contributed by atoms with E-state index in [9.17, 15) is 4.79 Å². The summed E-state index contributed by atoms with van der Waals surface area (Å²) in [5.41, 5.74) is 7.17. The Labute approximate surface area is 154 Å². The van der Waals surface area contributed by atoms with Crippen LogP contribution in [0.15, 0.2) is 9.79 Å². The second-order valence-electron chi connectivity index (χ2n) is 6.51. The number of aliphatic imine (C=N–C) groups is 1. The van der Waals surface area contributed by atoms with E-state index in [-0.39, 0.29) is 11.7 Å². The lowest BCUT2D eigenvalue weighted by Gasteiger charge is -2.09. The van der Waals surface area contributed by atoms with Gasteiger partial charge in [0.2, 0.25) is 0 Å². The molecule has 0 unspecified atom stereocenters. The molecule has 1 saturated heterocycles. The molecule has 8 heteroatoms. The molecule has 2 aromatic heterocycles. The van der Waals surface area contributed by atoms with Gasteiger partial charge in [0.25, 0.3) is 5.56 Å². The van der Waals surface area contributed by atoms with E-state index in [2.05, 4.69) is 15.0 Å². The van der Waals surface area contributed by atoms with Gasteiger partial charge in [-0.25, -0.2) is 4.98 Å². The first kappa shape index (κ1) is 17.1. The highest BCUT2D eigenvalue weighted by Gasteiger charge is 2.20. The Morgan fingerprint density at radius 1 is 1.40 bits per heavy atom. The lowest BCUT2D eigenvalue weighted by Crippen LogP contribution is -2.16. The average Bonchev–Trinajstić information content (AvgIpc) is 3.25. The first-order valence-corrected chi connectivity index (χ1v) is 10.6. The molecule has 0 amide bonds. The SMILES string of the molecule is NC(=NC[C@@H]1CCCO1)SCc1nc2sc3c(c2c(=O)[nH]1)CCCC3. The molecule has 2 aromatic rings. The Kier molecular flexibility index (Phi) is 5.10. The molecule has 0 saturated carbocycles. The lowest BCUT2D eigenvalue weighted by atomic mass is 9.97. The molecule has 1 aliphatic heterocycles. The maximum atomic E-state index is 12.5. The minimum atomic E-state index is -0.0186. The van der Waals surface area contributed by atoms with Crippen molar-refractivity contribution in [1.82, 2.24) is 9.97 Å². The van der Waals surface area contributed by atoms with E-state index in [0.717, 1.165) is 48.9 Å². The minimum Gasteiger partial charge on any atom is -0.379 e. The zero-order valence-electron chi connectivity index (χ0n) is 14.0. The number of ether oxygens (including phenoxy) is 1. The highest BCUT2D eigenvalue weighted by atomic mass is 32.2. The Balaban J connectivity index is 1.46. The number of nitrogens with two attached hydrogens (primary N) is 1. The van der Waals surface area contributed by atoms with Crippen LogP contribution >= 0.6 is 23.1 Å². The van der Waals surface area contributed by atoms with E-state index in [4.69, 9.17) is 10.5 Å². The first-order chi connectivity index (χ1) is 12.2. The van der Waals surface area contributed by atoms with Gasteiger partial charge in [-0.3, -0.25) is 9.79 Å². The van der Waals surface area contributed by atoms with Crippen LogP contribution in [-0.4, -0.2) is 34.4 Å². The van der Waals surface area contributed by atoms with E-state index in [1.807, 2.05) is 0 Å². The number of thiophene rings is 1. The van der Waals surface area contributed by atoms with E-state index >= 15 is 0 Å². The molecule has 3 N–H and O–H groups in total. The molecule has 0 bridgehead atoms. The smallest absolute Gasteiger partial charge is 0.259 e. The summed E-state index contributed by atoms with van der Waals surface area (Å²) in [5, 5.41) is 1.32. The van der Waals surface area contributed by atoms with Gasteiger partial charge in [-0.15, -0.1) is 11.3 Å². The monoisotopic (exact) mass is 378 g/mol. The second-order valence-corrected chi connectivity index (χ2v) is 8.59. The maximum Gasteiger partial charge on any atom is 0.259 e. The van der Waals surface area contributed by atoms with Crippen LogP contribution in [0.4, 0.5) is 0 Å². The van der Waals surface area contributed by atoms with Crippen molar-refractivity contribution in [1.29, 1.82) is 0 Å². The fourth-order valence-electron chi connectivity index (χ4n) is 3.44. The average molecular weight is 379 g/mol. The van der Waals surface area contributed by atoms with E-state index in [1.54, 1.807) is 11.3 Å². The normalized spacial score (nSPS) is 21.0. The molecular weight excluding hydrogens is 356 g/mol. The maximum absolute atomic E-state index is 12.5. The number of nitrogens with one attached hydrogen (secondary N) is 1. The summed E-state index contributed by atoms with van der Waals surface area (Å²) in [6, 6.07) is 0. The van der Waals surface area contributed by atoms with E-state index in [0.29, 0.717) is 23.3 Å². The zero-order chi connectivity index (χ0) is 17.2. The van der Waals surface area contributed by atoms with Crippen LogP contribution in [0.2, 0.25) is 0 Å². The van der Waals surface area contributed by atoms with Crippen molar-refractivity contribution in [2.45, 2.75) is 50.4 Å². The van der Waals surface area contributed by atoms with Crippen molar-refractivity contribution in [2.24, 2.45) is 10.7 Å². The Hall–Kier alpha value is -1.38. The standard InChI is InChI=1S/C17H22N4O2S2/c18-17(19-8-10-4-3-7-23-10)24-9-13-20-15(22)14-11-5-1-2-6-12(11)25-16(14)21-13/h10H,1-9H2,(H2,18,19)(H,20,21,22)/t10-/m0/s1. The van der Waals surface area contributed by atoms with Gasteiger partial charge in [-0.05, 0) is 44.1 Å². The molecule has 1 fully saturated rings. The van der Waals surface area contributed by atoms with Gasteiger partial charge in [0.15, 0.2) is 5.17 Å². The molecule has 1 aliphatic carbocycles. The van der Waals surface area contributed by atoms with Crippen molar-refractivity contribution < 1.29 is 4.74 Å². The van der Waals surface area contributed by atoms with Gasteiger partial charge in [0.1, 0.15) is 10.7 Å². The van der Waals surface area contributed by atoms with Crippen LogP contribution in [0.1, 0.15) is 41.9 Å². The largest absolute Gasteiger partial charge is 0.379 e. The highest BCUT2D eigenvalue weighted by molar-refractivity contribution is 8.13. The van der Waals surface area contributed by atoms with Crippen LogP contribution in [0.25, 0.3) is 10.2 Å². The molecule has 25 heavy (non-hydrogen) atoms. The van der Waals surface area contributed by atoms with Crippen LogP contribution in [0, 0.1) is 0 Å². The summed E-state index contributed by atoms with van der Waals surface area (Å²) in [6.07, 6.45) is 6.79. The van der Waals surface area contributed by atoms with Crippen molar-refractivity contribution >= 4 is 38.5 Å². The molecular formula is C17H22N4O2S2. The van der Waals surface area contributed by atoms with Gasteiger partial charge >= 0.3 is 0 Å². The van der Waals surface area contributed by atoms with Crippen molar-refractivity contribution in [2.75, 3.05) is 13.2 Å². The van der Waals surface area contributed by atoms with Crippen LogP contribution in [-0.2, 0) is 23.3 Å². The number of rotatable bonds is 4. The predicted octanol–water partition coefficient (Wildman–Crippen LogP) is 2.59. The number of hydrogen-bond donors (Lipinski definition) is 2. The molecule has 0 aromatic carbocycles. The van der Waals surface area contributed by atoms with Crippen molar-refractivity contribution in [3.63, 3.8) is 0 Å². The summed E-state index contributed by atoms with van der Waals surface area (Å²) in [7, 11) is 0. The van der Waals surface area contributed by atoms with Crippen molar-refractivity contribution in [3.8, 4) is 0 Å². The molecule has 134 valence electrons. The Morgan fingerprint density at radius 2 is 2.28 bits per heavy atom. The number of nitrogens with zero attached hydrogens (tertiary/aromatic N) is 2. The summed E-state index contributed by atoms with van der Waals surface area (Å²) in [6.45, 7) is 1.43. The topological polar surface area (TPSA) is 93.4 Å². The minimum absolute atomic E-state index is 0.0186. The third-order valence-electron chi connectivity index (χ3n) is 4.71. The quantitative estimate of drug-likeness (QED) is 0.630. The molecule has 2 aliphatic rings. The number of hydrogen-bond acceptors (Lipinski definition) is 6. The third kappa shape index (κ3) is 3.75. The number of aromatic amines is 1. The second kappa shape index (κ2) is 7.47. The molecule has 3 heterocycles. The van der Waals surface area contributed by atoms with Crippen LogP contribution in [0.5, 0.6) is 0 Å². The van der Waals surface area contributed by atoms with Gasteiger partial charge in [0, 0.05) is 11.5 Å². The third-order valence-corrected chi connectivity index (χ3v) is 6.73. The summed E-state index contributed by atoms with van der Waals surface area (Å²) in [4.78, 5) is 26.7.